The van der Waals surface area contributed by atoms with Crippen molar-refractivity contribution in [3.8, 4) is 5.75 Å². The zero-order chi connectivity index (χ0) is 12.8. The molecule has 0 aliphatic rings. The van der Waals surface area contributed by atoms with Crippen LogP contribution in [-0.2, 0) is 4.79 Å². The first-order valence-electron chi connectivity index (χ1n) is 5.29. The minimum Gasteiger partial charge on any atom is -0.484 e. The summed E-state index contributed by atoms with van der Waals surface area (Å²) in [5.74, 6) is 0.470. The zero-order valence-corrected chi connectivity index (χ0v) is 10.8. The number of benzene rings is 1. The molecule has 3 nitrogen and oxygen atoms in total. The number of rotatable bonds is 5. The van der Waals surface area contributed by atoms with Crippen LogP contribution in [0.5, 0.6) is 5.75 Å². The summed E-state index contributed by atoms with van der Waals surface area (Å²) in [5.41, 5.74) is 2.33. The maximum absolute atomic E-state index is 11.3. The van der Waals surface area contributed by atoms with Crippen LogP contribution >= 0.6 is 11.6 Å². The van der Waals surface area contributed by atoms with E-state index < -0.39 is 0 Å². The lowest BCUT2D eigenvalue weighted by molar-refractivity contribution is -0.122. The summed E-state index contributed by atoms with van der Waals surface area (Å²) < 4.78 is 5.35. The molecular formula is C13H16ClNO2. The van der Waals surface area contributed by atoms with Gasteiger partial charge in [-0.3, -0.25) is 4.79 Å². The Balaban J connectivity index is 2.42. The van der Waals surface area contributed by atoms with Crippen molar-refractivity contribution in [3.63, 3.8) is 0 Å². The van der Waals surface area contributed by atoms with Crippen LogP contribution in [0.15, 0.2) is 29.8 Å². The second-order valence-electron chi connectivity index (χ2n) is 3.83. The monoisotopic (exact) mass is 253 g/mol. The van der Waals surface area contributed by atoms with Crippen molar-refractivity contribution in [1.82, 2.24) is 5.32 Å². The second kappa shape index (κ2) is 6.30. The lowest BCUT2D eigenvalue weighted by Gasteiger charge is -2.08. The number of carbonyl (C=O) groups is 1. The van der Waals surface area contributed by atoms with E-state index in [1.54, 1.807) is 0 Å². The maximum atomic E-state index is 11.3. The van der Waals surface area contributed by atoms with Crippen molar-refractivity contribution in [2.75, 3.05) is 13.2 Å². The number of carbonyl (C=O) groups excluding carboxylic acids is 1. The van der Waals surface area contributed by atoms with E-state index in [2.05, 4.69) is 11.9 Å². The van der Waals surface area contributed by atoms with E-state index in [1.165, 1.54) is 5.56 Å². The van der Waals surface area contributed by atoms with Gasteiger partial charge in [-0.05, 0) is 37.1 Å². The first kappa shape index (κ1) is 13.6. The average molecular weight is 254 g/mol. The van der Waals surface area contributed by atoms with E-state index in [9.17, 15) is 4.79 Å². The molecule has 0 aliphatic carbocycles. The van der Waals surface area contributed by atoms with E-state index in [0.717, 1.165) is 5.56 Å². The standard InChI is InChI=1S/C13H16ClNO2/c1-9-4-5-12(6-10(9)2)17-8-13(16)15-7-11(3)14/h4-6H,3,7-8H2,1-2H3,(H,15,16). The molecule has 1 aromatic rings. The summed E-state index contributed by atoms with van der Waals surface area (Å²) in [6.07, 6.45) is 0. The number of halogens is 1. The molecule has 0 aliphatic heterocycles. The molecule has 0 heterocycles. The summed E-state index contributed by atoms with van der Waals surface area (Å²) in [7, 11) is 0. The van der Waals surface area contributed by atoms with Crippen LogP contribution in [0.1, 0.15) is 11.1 Å². The number of amides is 1. The highest BCUT2D eigenvalue weighted by Gasteiger charge is 2.03. The van der Waals surface area contributed by atoms with E-state index in [0.29, 0.717) is 10.8 Å². The van der Waals surface area contributed by atoms with Gasteiger partial charge in [0.15, 0.2) is 6.61 Å². The summed E-state index contributed by atoms with van der Waals surface area (Å²) in [5, 5.41) is 2.98. The molecule has 0 saturated carbocycles. The highest BCUT2D eigenvalue weighted by molar-refractivity contribution is 6.29. The predicted octanol–water partition coefficient (Wildman–Crippen LogP) is 2.55. The normalized spacial score (nSPS) is 9.82. The van der Waals surface area contributed by atoms with Gasteiger partial charge in [-0.2, -0.15) is 0 Å². The smallest absolute Gasteiger partial charge is 0.258 e. The van der Waals surface area contributed by atoms with Gasteiger partial charge in [0.05, 0.1) is 6.54 Å². The maximum Gasteiger partial charge on any atom is 0.258 e. The van der Waals surface area contributed by atoms with E-state index in [-0.39, 0.29) is 19.1 Å². The van der Waals surface area contributed by atoms with Gasteiger partial charge in [-0.25, -0.2) is 0 Å². The van der Waals surface area contributed by atoms with E-state index in [4.69, 9.17) is 16.3 Å². The largest absolute Gasteiger partial charge is 0.484 e. The van der Waals surface area contributed by atoms with Gasteiger partial charge in [-0.15, -0.1) is 0 Å². The van der Waals surface area contributed by atoms with Crippen LogP contribution in [0, 0.1) is 13.8 Å². The van der Waals surface area contributed by atoms with Crippen LogP contribution in [0.4, 0.5) is 0 Å². The predicted molar refractivity (Wildman–Crippen MR) is 69.4 cm³/mol. The third kappa shape index (κ3) is 4.91. The Hall–Kier alpha value is -1.48. The first-order chi connectivity index (χ1) is 7.99. The number of hydrogen-bond acceptors (Lipinski definition) is 2. The Kier molecular flexibility index (Phi) is 5.04. The molecule has 92 valence electrons. The third-order valence-electron chi connectivity index (χ3n) is 2.33. The van der Waals surface area contributed by atoms with Crippen molar-refractivity contribution in [2.45, 2.75) is 13.8 Å². The van der Waals surface area contributed by atoms with Gasteiger partial charge in [0.2, 0.25) is 0 Å². The van der Waals surface area contributed by atoms with Gasteiger partial charge < -0.3 is 10.1 Å². The number of aryl methyl sites for hydroxylation is 2. The molecule has 1 amide bonds. The van der Waals surface area contributed by atoms with Gasteiger partial charge >= 0.3 is 0 Å². The molecular weight excluding hydrogens is 238 g/mol. The highest BCUT2D eigenvalue weighted by atomic mass is 35.5. The fraction of sp³-hybridized carbons (Fsp3) is 0.308. The van der Waals surface area contributed by atoms with Crippen molar-refractivity contribution in [1.29, 1.82) is 0 Å². The fourth-order valence-corrected chi connectivity index (χ4v) is 1.26. The molecule has 0 aromatic heterocycles. The van der Waals surface area contributed by atoms with Crippen molar-refractivity contribution in [3.05, 3.63) is 40.9 Å². The quantitative estimate of drug-likeness (QED) is 0.876. The van der Waals surface area contributed by atoms with Crippen LogP contribution in [0.25, 0.3) is 0 Å². The topological polar surface area (TPSA) is 38.3 Å². The van der Waals surface area contributed by atoms with Crippen LogP contribution < -0.4 is 10.1 Å². The SMILES string of the molecule is C=C(Cl)CNC(=O)COc1ccc(C)c(C)c1. The van der Waals surface area contributed by atoms with E-state index >= 15 is 0 Å². The van der Waals surface area contributed by atoms with Gasteiger partial charge in [0, 0.05) is 5.03 Å². The summed E-state index contributed by atoms with van der Waals surface area (Å²) in [6.45, 7) is 7.74. The van der Waals surface area contributed by atoms with Crippen molar-refractivity contribution in [2.24, 2.45) is 0 Å². The van der Waals surface area contributed by atoms with Gasteiger partial charge in [-0.1, -0.05) is 24.2 Å². The number of ether oxygens (including phenoxy) is 1. The Morgan fingerprint density at radius 3 is 2.71 bits per heavy atom. The van der Waals surface area contributed by atoms with Crippen LogP contribution in [-0.4, -0.2) is 19.1 Å². The molecule has 0 unspecified atom stereocenters. The van der Waals surface area contributed by atoms with Gasteiger partial charge in [0.1, 0.15) is 5.75 Å². The molecule has 0 radical (unpaired) electrons. The molecule has 0 atom stereocenters. The molecule has 1 aromatic carbocycles. The molecule has 4 heteroatoms. The lowest BCUT2D eigenvalue weighted by Crippen LogP contribution is -2.29. The molecule has 17 heavy (non-hydrogen) atoms. The summed E-state index contributed by atoms with van der Waals surface area (Å²) in [6, 6.07) is 5.71. The number of nitrogens with one attached hydrogen (secondary N) is 1. The molecule has 1 rings (SSSR count). The Morgan fingerprint density at radius 2 is 2.12 bits per heavy atom. The molecule has 0 spiro atoms. The Morgan fingerprint density at radius 1 is 1.41 bits per heavy atom. The Labute approximate surface area is 106 Å². The van der Waals surface area contributed by atoms with Crippen molar-refractivity contribution >= 4 is 17.5 Å². The second-order valence-corrected chi connectivity index (χ2v) is 4.36. The highest BCUT2D eigenvalue weighted by Crippen LogP contribution is 2.16. The minimum absolute atomic E-state index is 0.0212. The Bertz CT molecular complexity index is 429. The number of hydrogen-bond donors (Lipinski definition) is 1. The molecule has 1 N–H and O–H groups in total. The lowest BCUT2D eigenvalue weighted by atomic mass is 10.1. The average Bonchev–Trinajstić information content (AvgIpc) is 2.28. The van der Waals surface area contributed by atoms with Gasteiger partial charge in [0.25, 0.3) is 5.91 Å². The first-order valence-corrected chi connectivity index (χ1v) is 5.67. The summed E-state index contributed by atoms with van der Waals surface area (Å²) in [4.78, 5) is 11.3. The minimum atomic E-state index is -0.218. The van der Waals surface area contributed by atoms with Crippen LogP contribution in [0.2, 0.25) is 0 Å². The van der Waals surface area contributed by atoms with E-state index in [1.807, 2.05) is 32.0 Å². The van der Waals surface area contributed by atoms with Crippen LogP contribution in [0.3, 0.4) is 0 Å². The molecule has 0 bridgehead atoms. The molecule has 0 fully saturated rings. The van der Waals surface area contributed by atoms with Crippen molar-refractivity contribution < 1.29 is 9.53 Å². The zero-order valence-electron chi connectivity index (χ0n) is 10.0. The summed E-state index contributed by atoms with van der Waals surface area (Å²) >= 11 is 5.53. The third-order valence-corrected chi connectivity index (χ3v) is 2.46. The fourth-order valence-electron chi connectivity index (χ4n) is 1.20. The molecule has 0 saturated heterocycles.